The fourth-order valence-corrected chi connectivity index (χ4v) is 4.29. The third-order valence-electron chi connectivity index (χ3n) is 6.26. The van der Waals surface area contributed by atoms with E-state index in [2.05, 4.69) is 0 Å². The second kappa shape index (κ2) is 8.36. The summed E-state index contributed by atoms with van der Waals surface area (Å²) in [6.45, 7) is 1.62. The van der Waals surface area contributed by atoms with Crippen molar-refractivity contribution < 1.29 is 14.0 Å². The first-order valence-electron chi connectivity index (χ1n) is 10.4. The second-order valence-electron chi connectivity index (χ2n) is 8.24. The molecule has 2 amide bonds. The molecule has 0 bridgehead atoms. The van der Waals surface area contributed by atoms with E-state index in [4.69, 9.17) is 0 Å². The highest BCUT2D eigenvalue weighted by molar-refractivity contribution is 5.83. The third-order valence-corrected chi connectivity index (χ3v) is 6.26. The van der Waals surface area contributed by atoms with Crippen molar-refractivity contribution in [2.75, 3.05) is 26.7 Å². The number of likely N-dealkylation sites (N-methyl/N-ethyl adjacent to an activating group) is 1. The van der Waals surface area contributed by atoms with E-state index in [1.807, 2.05) is 42.3 Å². The van der Waals surface area contributed by atoms with Gasteiger partial charge in [0.25, 0.3) is 0 Å². The Morgan fingerprint density at radius 1 is 1.10 bits per heavy atom. The Labute approximate surface area is 171 Å². The average Bonchev–Trinajstić information content (AvgIpc) is 2.81. The molecular formula is C24H27FN2O2. The Hall–Kier alpha value is -2.69. The van der Waals surface area contributed by atoms with E-state index in [1.165, 1.54) is 12.1 Å². The van der Waals surface area contributed by atoms with Gasteiger partial charge in [0.15, 0.2) is 0 Å². The van der Waals surface area contributed by atoms with Crippen molar-refractivity contribution in [3.05, 3.63) is 59.9 Å². The molecule has 29 heavy (non-hydrogen) atoms. The number of benzene rings is 2. The van der Waals surface area contributed by atoms with Crippen LogP contribution < -0.4 is 0 Å². The molecule has 1 aliphatic heterocycles. The van der Waals surface area contributed by atoms with Crippen LogP contribution in [0.25, 0.3) is 11.1 Å². The van der Waals surface area contributed by atoms with Gasteiger partial charge >= 0.3 is 0 Å². The fourth-order valence-electron chi connectivity index (χ4n) is 4.29. The molecule has 2 fully saturated rings. The number of hydrogen-bond donors (Lipinski definition) is 0. The molecule has 1 aliphatic carbocycles. The smallest absolute Gasteiger partial charge is 0.227 e. The molecule has 5 heteroatoms. The van der Waals surface area contributed by atoms with Gasteiger partial charge in [-0.2, -0.15) is 0 Å². The highest BCUT2D eigenvalue weighted by Crippen LogP contribution is 2.31. The highest BCUT2D eigenvalue weighted by atomic mass is 19.1. The minimum atomic E-state index is -0.291. The lowest BCUT2D eigenvalue weighted by molar-refractivity contribution is -0.138. The van der Waals surface area contributed by atoms with Crippen molar-refractivity contribution >= 4 is 11.8 Å². The second-order valence-corrected chi connectivity index (χ2v) is 8.24. The molecule has 2 aromatic carbocycles. The van der Waals surface area contributed by atoms with E-state index in [0.717, 1.165) is 36.0 Å². The van der Waals surface area contributed by atoms with Crippen LogP contribution in [0.15, 0.2) is 48.5 Å². The minimum Gasteiger partial charge on any atom is -0.344 e. The van der Waals surface area contributed by atoms with Gasteiger partial charge < -0.3 is 9.80 Å². The Kier molecular flexibility index (Phi) is 5.65. The molecule has 1 heterocycles. The van der Waals surface area contributed by atoms with E-state index in [0.29, 0.717) is 26.1 Å². The summed E-state index contributed by atoms with van der Waals surface area (Å²) in [6, 6.07) is 14.4. The molecule has 4 nitrogen and oxygen atoms in total. The van der Waals surface area contributed by atoms with E-state index in [-0.39, 0.29) is 29.5 Å². The van der Waals surface area contributed by atoms with Crippen LogP contribution in [0.4, 0.5) is 4.39 Å². The molecule has 1 atom stereocenters. The summed E-state index contributed by atoms with van der Waals surface area (Å²) in [4.78, 5) is 29.5. The van der Waals surface area contributed by atoms with Crippen LogP contribution in [-0.2, 0) is 16.0 Å². The topological polar surface area (TPSA) is 40.6 Å². The van der Waals surface area contributed by atoms with Crippen LogP contribution in [0, 0.1) is 17.7 Å². The zero-order chi connectivity index (χ0) is 20.4. The largest absolute Gasteiger partial charge is 0.344 e. The Balaban J connectivity index is 1.60. The van der Waals surface area contributed by atoms with Gasteiger partial charge in [-0.05, 0) is 48.1 Å². The molecule has 0 radical (unpaired) electrons. The van der Waals surface area contributed by atoms with E-state index in [9.17, 15) is 14.0 Å². The number of carbonyl (C=O) groups excluding carboxylic acids is 2. The number of halogens is 1. The number of nitrogens with zero attached hydrogens (tertiary/aromatic N) is 2. The van der Waals surface area contributed by atoms with Crippen LogP contribution in [0.2, 0.25) is 0 Å². The van der Waals surface area contributed by atoms with E-state index in [1.54, 1.807) is 11.0 Å². The molecule has 2 aromatic rings. The predicted molar refractivity (Wildman–Crippen MR) is 111 cm³/mol. The fraction of sp³-hybridized carbons (Fsp3) is 0.417. The normalized spacial score (nSPS) is 20.3. The van der Waals surface area contributed by atoms with Crippen molar-refractivity contribution in [1.82, 2.24) is 9.80 Å². The monoisotopic (exact) mass is 394 g/mol. The summed E-state index contributed by atoms with van der Waals surface area (Å²) in [7, 11) is 1.81. The maximum atomic E-state index is 13.8. The number of rotatable bonds is 4. The number of carbonyl (C=O) groups is 2. The Morgan fingerprint density at radius 3 is 2.62 bits per heavy atom. The first kappa shape index (κ1) is 19.6. The summed E-state index contributed by atoms with van der Waals surface area (Å²) >= 11 is 0. The number of amides is 2. The standard InChI is InChI=1S/C24H27FN2O2/c1-26-12-13-27(24(29)17-7-4-8-17)16-20(23(26)28)14-18-6-2-3-11-22(18)19-9-5-10-21(25)15-19/h2-3,5-6,9-11,15,17,20H,4,7-8,12-14,16H2,1H3/t20-/m0/s1. The molecule has 4 rings (SSSR count). The van der Waals surface area contributed by atoms with Crippen molar-refractivity contribution in [1.29, 1.82) is 0 Å². The molecule has 0 spiro atoms. The van der Waals surface area contributed by atoms with E-state index < -0.39 is 0 Å². The molecule has 1 saturated heterocycles. The van der Waals surface area contributed by atoms with Crippen LogP contribution in [-0.4, -0.2) is 48.3 Å². The lowest BCUT2D eigenvalue weighted by atomic mass is 9.84. The van der Waals surface area contributed by atoms with Gasteiger partial charge in [-0.1, -0.05) is 42.8 Å². The SMILES string of the molecule is CN1CCN(C(=O)C2CCC2)C[C@H](Cc2ccccc2-c2cccc(F)c2)C1=O. The molecule has 152 valence electrons. The average molecular weight is 394 g/mol. The van der Waals surface area contributed by atoms with Gasteiger partial charge in [0.05, 0.1) is 5.92 Å². The van der Waals surface area contributed by atoms with Crippen molar-refractivity contribution in [2.24, 2.45) is 11.8 Å². The van der Waals surface area contributed by atoms with Crippen LogP contribution in [0.5, 0.6) is 0 Å². The minimum absolute atomic E-state index is 0.0722. The molecule has 0 N–H and O–H groups in total. The van der Waals surface area contributed by atoms with Gasteiger partial charge in [0.2, 0.25) is 11.8 Å². The molecule has 1 saturated carbocycles. The van der Waals surface area contributed by atoms with Gasteiger partial charge in [0, 0.05) is 32.6 Å². The number of hydrogen-bond acceptors (Lipinski definition) is 2. The highest BCUT2D eigenvalue weighted by Gasteiger charge is 2.35. The van der Waals surface area contributed by atoms with Crippen LogP contribution >= 0.6 is 0 Å². The summed E-state index contributed by atoms with van der Waals surface area (Å²) in [5.74, 6) is -0.166. The Morgan fingerprint density at radius 2 is 1.90 bits per heavy atom. The van der Waals surface area contributed by atoms with Crippen molar-refractivity contribution in [2.45, 2.75) is 25.7 Å². The summed E-state index contributed by atoms with van der Waals surface area (Å²) in [5.41, 5.74) is 2.74. The van der Waals surface area contributed by atoms with Crippen molar-refractivity contribution in [3.63, 3.8) is 0 Å². The zero-order valence-electron chi connectivity index (χ0n) is 16.8. The first-order chi connectivity index (χ1) is 14.0. The molecular weight excluding hydrogens is 367 g/mol. The maximum Gasteiger partial charge on any atom is 0.227 e. The molecule has 0 unspecified atom stereocenters. The van der Waals surface area contributed by atoms with Gasteiger partial charge in [-0.15, -0.1) is 0 Å². The lowest BCUT2D eigenvalue weighted by Gasteiger charge is -2.32. The van der Waals surface area contributed by atoms with Gasteiger partial charge in [-0.25, -0.2) is 4.39 Å². The third kappa shape index (κ3) is 4.19. The van der Waals surface area contributed by atoms with E-state index >= 15 is 0 Å². The first-order valence-corrected chi connectivity index (χ1v) is 10.4. The maximum absolute atomic E-state index is 13.8. The quantitative estimate of drug-likeness (QED) is 0.792. The lowest BCUT2D eigenvalue weighted by Crippen LogP contribution is -2.42. The van der Waals surface area contributed by atoms with Gasteiger partial charge in [0.1, 0.15) is 5.82 Å². The molecule has 0 aromatic heterocycles. The summed E-state index contributed by atoms with van der Waals surface area (Å²) in [5, 5.41) is 0. The van der Waals surface area contributed by atoms with Crippen LogP contribution in [0.1, 0.15) is 24.8 Å². The predicted octanol–water partition coefficient (Wildman–Crippen LogP) is 3.75. The summed E-state index contributed by atoms with van der Waals surface area (Å²) < 4.78 is 13.8. The van der Waals surface area contributed by atoms with Crippen LogP contribution in [0.3, 0.4) is 0 Å². The Bertz CT molecular complexity index is 909. The zero-order valence-corrected chi connectivity index (χ0v) is 16.8. The van der Waals surface area contributed by atoms with Crippen molar-refractivity contribution in [3.8, 4) is 11.1 Å². The molecule has 2 aliphatic rings. The van der Waals surface area contributed by atoms with Gasteiger partial charge in [-0.3, -0.25) is 9.59 Å². The summed E-state index contributed by atoms with van der Waals surface area (Å²) in [6.07, 6.45) is 3.58.